The molecule has 0 bridgehead atoms. The number of nitriles is 1. The van der Waals surface area contributed by atoms with Gasteiger partial charge in [0, 0.05) is 21.6 Å². The maximum Gasteiger partial charge on any atom is 0.255 e. The zero-order valence-electron chi connectivity index (χ0n) is 11.3. The Morgan fingerprint density at radius 3 is 2.57 bits per heavy atom. The maximum atomic E-state index is 12.5. The summed E-state index contributed by atoms with van der Waals surface area (Å²) < 4.78 is 1.81. The summed E-state index contributed by atoms with van der Waals surface area (Å²) in [7, 11) is 1.77. The van der Waals surface area contributed by atoms with E-state index in [-0.39, 0.29) is 5.91 Å². The predicted molar refractivity (Wildman–Crippen MR) is 93.8 cm³/mol. The minimum atomic E-state index is -0.0373. The Kier molecular flexibility index (Phi) is 5.37. The average molecular weight is 455 g/mol. The number of amides is 1. The van der Waals surface area contributed by atoms with Crippen LogP contribution in [0.3, 0.4) is 0 Å². The number of halogens is 2. The van der Waals surface area contributed by atoms with Gasteiger partial charge >= 0.3 is 0 Å². The number of carbonyl (C=O) groups excluding carboxylic acids is 1. The highest BCUT2D eigenvalue weighted by atomic mass is 127. The molecule has 2 rings (SSSR count). The van der Waals surface area contributed by atoms with E-state index in [1.165, 1.54) is 0 Å². The lowest BCUT2D eigenvalue weighted by atomic mass is 10.1. The SMILES string of the molecule is CN(Cc1ccc(C#N)cc1)C(=O)c1cc(I)ccc1Br. The molecule has 0 aliphatic carbocycles. The lowest BCUT2D eigenvalue weighted by molar-refractivity contribution is 0.0784. The Morgan fingerprint density at radius 1 is 1.29 bits per heavy atom. The van der Waals surface area contributed by atoms with E-state index in [9.17, 15) is 4.79 Å². The molecule has 0 spiro atoms. The minimum absolute atomic E-state index is 0.0373. The smallest absolute Gasteiger partial charge is 0.255 e. The lowest BCUT2D eigenvalue weighted by Crippen LogP contribution is -2.26. The van der Waals surface area contributed by atoms with Crippen LogP contribution in [0.4, 0.5) is 0 Å². The predicted octanol–water partition coefficient (Wildman–Crippen LogP) is 4.20. The molecule has 0 N–H and O–H groups in total. The van der Waals surface area contributed by atoms with Crippen LogP contribution in [0.25, 0.3) is 0 Å². The molecule has 21 heavy (non-hydrogen) atoms. The molecular weight excluding hydrogens is 443 g/mol. The van der Waals surface area contributed by atoms with Gasteiger partial charge in [-0.25, -0.2) is 0 Å². The third-order valence-electron chi connectivity index (χ3n) is 3.01. The summed E-state index contributed by atoms with van der Waals surface area (Å²) in [6, 6.07) is 15.0. The quantitative estimate of drug-likeness (QED) is 0.652. The highest BCUT2D eigenvalue weighted by Crippen LogP contribution is 2.21. The molecule has 1 amide bonds. The summed E-state index contributed by atoms with van der Waals surface area (Å²) in [5, 5.41) is 8.78. The van der Waals surface area contributed by atoms with Crippen molar-refractivity contribution < 1.29 is 4.79 Å². The number of nitrogens with zero attached hydrogens (tertiary/aromatic N) is 2. The first kappa shape index (κ1) is 16.0. The zero-order valence-corrected chi connectivity index (χ0v) is 15.1. The molecule has 0 aromatic heterocycles. The van der Waals surface area contributed by atoms with Crippen LogP contribution in [0.5, 0.6) is 0 Å². The van der Waals surface area contributed by atoms with E-state index in [1.807, 2.05) is 30.3 Å². The van der Waals surface area contributed by atoms with E-state index >= 15 is 0 Å². The van der Waals surface area contributed by atoms with Crippen molar-refractivity contribution >= 4 is 44.4 Å². The van der Waals surface area contributed by atoms with Crippen LogP contribution in [-0.4, -0.2) is 17.9 Å². The van der Waals surface area contributed by atoms with Crippen molar-refractivity contribution in [3.05, 3.63) is 67.2 Å². The summed E-state index contributed by atoms with van der Waals surface area (Å²) in [5.41, 5.74) is 2.26. The third-order valence-corrected chi connectivity index (χ3v) is 4.37. The Balaban J connectivity index is 2.15. The molecule has 0 atom stereocenters. The summed E-state index contributed by atoms with van der Waals surface area (Å²) >= 11 is 5.60. The lowest BCUT2D eigenvalue weighted by Gasteiger charge is -2.18. The van der Waals surface area contributed by atoms with Gasteiger partial charge in [-0.05, 0) is 74.4 Å². The van der Waals surface area contributed by atoms with Crippen LogP contribution in [0.1, 0.15) is 21.5 Å². The van der Waals surface area contributed by atoms with Gasteiger partial charge in [0.25, 0.3) is 5.91 Å². The van der Waals surface area contributed by atoms with Gasteiger partial charge in [0.05, 0.1) is 17.2 Å². The summed E-state index contributed by atoms with van der Waals surface area (Å²) in [5.74, 6) is -0.0373. The van der Waals surface area contributed by atoms with Gasteiger partial charge in [0.1, 0.15) is 0 Å². The molecule has 0 radical (unpaired) electrons. The van der Waals surface area contributed by atoms with Crippen molar-refractivity contribution in [3.63, 3.8) is 0 Å². The molecule has 0 unspecified atom stereocenters. The largest absolute Gasteiger partial charge is 0.337 e. The van der Waals surface area contributed by atoms with Crippen molar-refractivity contribution in [2.75, 3.05) is 7.05 Å². The van der Waals surface area contributed by atoms with E-state index < -0.39 is 0 Å². The topological polar surface area (TPSA) is 44.1 Å². The van der Waals surface area contributed by atoms with Gasteiger partial charge < -0.3 is 4.90 Å². The second-order valence-corrected chi connectivity index (χ2v) is 6.69. The molecule has 0 heterocycles. The molecule has 3 nitrogen and oxygen atoms in total. The van der Waals surface area contributed by atoms with Crippen LogP contribution in [0.2, 0.25) is 0 Å². The van der Waals surface area contributed by atoms with Crippen LogP contribution in [0.15, 0.2) is 46.9 Å². The number of hydrogen-bond acceptors (Lipinski definition) is 2. The van der Waals surface area contributed by atoms with Crippen LogP contribution < -0.4 is 0 Å². The summed E-state index contributed by atoms with van der Waals surface area (Å²) in [4.78, 5) is 14.1. The Hall–Kier alpha value is -1.39. The normalized spacial score (nSPS) is 10.0. The second kappa shape index (κ2) is 7.05. The molecule has 0 saturated heterocycles. The Morgan fingerprint density at radius 2 is 1.95 bits per heavy atom. The van der Waals surface area contributed by atoms with Gasteiger partial charge in [-0.3, -0.25) is 4.79 Å². The van der Waals surface area contributed by atoms with Crippen molar-refractivity contribution in [1.29, 1.82) is 5.26 Å². The van der Waals surface area contributed by atoms with Crippen molar-refractivity contribution in [1.82, 2.24) is 4.90 Å². The highest BCUT2D eigenvalue weighted by Gasteiger charge is 2.15. The summed E-state index contributed by atoms with van der Waals surface area (Å²) in [6.45, 7) is 0.502. The summed E-state index contributed by atoms with van der Waals surface area (Å²) in [6.07, 6.45) is 0. The van der Waals surface area contributed by atoms with Crippen molar-refractivity contribution in [2.24, 2.45) is 0 Å². The van der Waals surface area contributed by atoms with Gasteiger partial charge in [-0.15, -0.1) is 0 Å². The molecule has 2 aromatic rings. The number of benzene rings is 2. The standard InChI is InChI=1S/C16H12BrIN2O/c1-20(10-12-4-2-11(9-19)3-5-12)16(21)14-8-13(18)6-7-15(14)17/h2-8H,10H2,1H3. The first-order valence-corrected chi connectivity index (χ1v) is 8.08. The molecule has 0 aliphatic heterocycles. The van der Waals surface area contributed by atoms with Gasteiger partial charge in [0.15, 0.2) is 0 Å². The van der Waals surface area contributed by atoms with E-state index in [0.717, 1.165) is 13.6 Å². The fourth-order valence-electron chi connectivity index (χ4n) is 1.90. The van der Waals surface area contributed by atoms with E-state index in [0.29, 0.717) is 17.7 Å². The fourth-order valence-corrected chi connectivity index (χ4v) is 2.80. The monoisotopic (exact) mass is 454 g/mol. The van der Waals surface area contributed by atoms with E-state index in [2.05, 4.69) is 44.6 Å². The molecular formula is C16H12BrIN2O. The molecule has 2 aromatic carbocycles. The minimum Gasteiger partial charge on any atom is -0.337 e. The van der Waals surface area contributed by atoms with E-state index in [1.54, 1.807) is 24.1 Å². The molecule has 0 aliphatic rings. The first-order chi connectivity index (χ1) is 10.0. The van der Waals surface area contributed by atoms with Gasteiger partial charge in [-0.2, -0.15) is 5.26 Å². The van der Waals surface area contributed by atoms with Crippen LogP contribution in [0, 0.1) is 14.9 Å². The number of rotatable bonds is 3. The highest BCUT2D eigenvalue weighted by molar-refractivity contribution is 14.1. The Bertz CT molecular complexity index is 707. The molecule has 0 saturated carbocycles. The van der Waals surface area contributed by atoms with Gasteiger partial charge in [0.2, 0.25) is 0 Å². The van der Waals surface area contributed by atoms with E-state index in [4.69, 9.17) is 5.26 Å². The number of carbonyl (C=O) groups is 1. The van der Waals surface area contributed by atoms with Gasteiger partial charge in [-0.1, -0.05) is 12.1 Å². The Labute approximate surface area is 145 Å². The van der Waals surface area contributed by atoms with Crippen molar-refractivity contribution in [3.8, 4) is 6.07 Å². The molecule has 0 fully saturated rings. The average Bonchev–Trinajstić information content (AvgIpc) is 2.49. The van der Waals surface area contributed by atoms with Crippen molar-refractivity contribution in [2.45, 2.75) is 6.54 Å². The third kappa shape index (κ3) is 4.05. The van der Waals surface area contributed by atoms with Crippen LogP contribution >= 0.6 is 38.5 Å². The zero-order chi connectivity index (χ0) is 15.4. The number of hydrogen-bond donors (Lipinski definition) is 0. The molecule has 5 heteroatoms. The fraction of sp³-hybridized carbons (Fsp3) is 0.125. The second-order valence-electron chi connectivity index (χ2n) is 4.59. The first-order valence-electron chi connectivity index (χ1n) is 6.21. The van der Waals surface area contributed by atoms with Crippen LogP contribution in [-0.2, 0) is 6.54 Å². The maximum absolute atomic E-state index is 12.5. The molecule has 106 valence electrons.